The highest BCUT2D eigenvalue weighted by Gasteiger charge is 2.32. The van der Waals surface area contributed by atoms with Gasteiger partial charge in [0.25, 0.3) is 0 Å². The molecule has 5 nitrogen and oxygen atoms in total. The Morgan fingerprint density at radius 1 is 1.37 bits per heavy atom. The van der Waals surface area contributed by atoms with Crippen molar-refractivity contribution in [1.29, 1.82) is 0 Å². The lowest BCUT2D eigenvalue weighted by atomic mass is 9.94. The van der Waals surface area contributed by atoms with E-state index in [9.17, 15) is 9.90 Å². The largest absolute Gasteiger partial charge is 0.493 e. The molecule has 0 bridgehead atoms. The van der Waals surface area contributed by atoms with Crippen molar-refractivity contribution in [2.24, 2.45) is 5.92 Å². The molecule has 2 atom stereocenters. The van der Waals surface area contributed by atoms with Gasteiger partial charge in [-0.3, -0.25) is 9.69 Å². The van der Waals surface area contributed by atoms with Gasteiger partial charge in [0.05, 0.1) is 25.7 Å². The molecule has 1 N–H and O–H groups in total. The second kappa shape index (κ2) is 8.76. The highest BCUT2D eigenvalue weighted by Crippen LogP contribution is 2.39. The summed E-state index contributed by atoms with van der Waals surface area (Å²) in [4.78, 5) is 15.1. The first-order valence-electron chi connectivity index (χ1n) is 9.36. The third-order valence-electron chi connectivity index (χ3n) is 4.99. The van der Waals surface area contributed by atoms with Crippen molar-refractivity contribution in [2.45, 2.75) is 32.7 Å². The van der Waals surface area contributed by atoms with Crippen LogP contribution in [0, 0.1) is 12.8 Å². The summed E-state index contributed by atoms with van der Waals surface area (Å²) in [7, 11) is 1.64. The van der Waals surface area contributed by atoms with Gasteiger partial charge in [0.2, 0.25) is 0 Å². The maximum absolute atomic E-state index is 11.6. The van der Waals surface area contributed by atoms with Crippen LogP contribution in [0.25, 0.3) is 0 Å². The fraction of sp³-hybridized carbons (Fsp3) is 0.476. The minimum absolute atomic E-state index is 0.0240. The fourth-order valence-corrected chi connectivity index (χ4v) is 4.78. The molecule has 0 aliphatic carbocycles. The van der Waals surface area contributed by atoms with Gasteiger partial charge in [-0.15, -0.1) is 11.3 Å². The monoisotopic (exact) mass is 389 g/mol. The van der Waals surface area contributed by atoms with Crippen molar-refractivity contribution in [2.75, 3.05) is 26.8 Å². The number of hydrogen-bond donors (Lipinski definition) is 1. The Kier molecular flexibility index (Phi) is 6.39. The molecule has 27 heavy (non-hydrogen) atoms. The first-order chi connectivity index (χ1) is 13.0. The number of methoxy groups -OCH3 is 1. The molecule has 6 heteroatoms. The Morgan fingerprint density at radius 3 is 2.81 bits per heavy atom. The molecule has 3 rings (SSSR count). The molecule has 2 unspecified atom stereocenters. The Labute approximate surface area is 164 Å². The summed E-state index contributed by atoms with van der Waals surface area (Å²) in [6, 6.07) is 8.25. The number of piperidine rings is 1. The van der Waals surface area contributed by atoms with E-state index in [0.717, 1.165) is 30.7 Å². The molecule has 1 aliphatic heterocycles. The average molecular weight is 390 g/mol. The lowest BCUT2D eigenvalue weighted by molar-refractivity contribution is -0.143. The van der Waals surface area contributed by atoms with Crippen LogP contribution in [0.3, 0.4) is 0 Å². The molecule has 1 saturated heterocycles. The number of hydrogen-bond acceptors (Lipinski definition) is 5. The Morgan fingerprint density at radius 2 is 2.19 bits per heavy atom. The van der Waals surface area contributed by atoms with Crippen molar-refractivity contribution in [1.82, 2.24) is 4.90 Å². The molecule has 1 aliphatic rings. The smallest absolute Gasteiger partial charge is 0.307 e. The van der Waals surface area contributed by atoms with Crippen LogP contribution in [0.15, 0.2) is 29.6 Å². The number of likely N-dealkylation sites (tertiary alicyclic amines) is 1. The molecule has 0 radical (unpaired) electrons. The Bertz CT molecular complexity index is 788. The standard InChI is InChI=1S/C21H27NO4S/c1-4-26-18-11-15(7-8-17(18)25-3)20(19-10-14(2)13-27-19)22-9-5-6-16(12-22)21(23)24/h7-8,10-11,13,16,20H,4-6,9,12H2,1-3H3,(H,23,24). The zero-order valence-electron chi connectivity index (χ0n) is 16.1. The molecule has 0 amide bonds. The van der Waals surface area contributed by atoms with E-state index in [4.69, 9.17) is 9.47 Å². The number of thiophene rings is 1. The SMILES string of the molecule is CCOc1cc(C(c2cc(C)cs2)N2CCCC(C(=O)O)C2)ccc1OC. The summed E-state index contributed by atoms with van der Waals surface area (Å²) in [5, 5.41) is 11.7. The number of nitrogens with zero attached hydrogens (tertiary/aromatic N) is 1. The predicted molar refractivity (Wildman–Crippen MR) is 107 cm³/mol. The summed E-state index contributed by atoms with van der Waals surface area (Å²) >= 11 is 1.72. The number of aliphatic carboxylic acids is 1. The molecule has 0 saturated carbocycles. The number of aryl methyl sites for hydroxylation is 1. The van der Waals surface area contributed by atoms with E-state index in [0.29, 0.717) is 18.9 Å². The second-order valence-electron chi connectivity index (χ2n) is 6.94. The van der Waals surface area contributed by atoms with Gasteiger partial charge in [-0.25, -0.2) is 0 Å². The number of ether oxygens (including phenoxy) is 2. The topological polar surface area (TPSA) is 59.0 Å². The van der Waals surface area contributed by atoms with Crippen LogP contribution in [0.1, 0.15) is 41.8 Å². The molecule has 146 valence electrons. The Balaban J connectivity index is 2.00. The van der Waals surface area contributed by atoms with Crippen LogP contribution in [-0.2, 0) is 4.79 Å². The van der Waals surface area contributed by atoms with Crippen LogP contribution in [0.5, 0.6) is 11.5 Å². The molecule has 2 heterocycles. The van der Waals surface area contributed by atoms with E-state index in [1.807, 2.05) is 19.1 Å². The van der Waals surface area contributed by atoms with Crippen molar-refractivity contribution in [3.05, 3.63) is 45.6 Å². The van der Waals surface area contributed by atoms with Gasteiger partial charge in [-0.1, -0.05) is 6.07 Å². The maximum atomic E-state index is 11.6. The summed E-state index contributed by atoms with van der Waals surface area (Å²) in [5.41, 5.74) is 2.33. The van der Waals surface area contributed by atoms with Gasteiger partial charge >= 0.3 is 5.97 Å². The minimum Gasteiger partial charge on any atom is -0.493 e. The molecular formula is C21H27NO4S. The van der Waals surface area contributed by atoms with Gasteiger partial charge in [-0.2, -0.15) is 0 Å². The molecule has 0 spiro atoms. The predicted octanol–water partition coefficient (Wildman–Crippen LogP) is 4.35. The first kappa shape index (κ1) is 19.7. The van der Waals surface area contributed by atoms with Crippen molar-refractivity contribution >= 4 is 17.3 Å². The van der Waals surface area contributed by atoms with E-state index in [1.54, 1.807) is 18.4 Å². The lowest BCUT2D eigenvalue weighted by Crippen LogP contribution is -2.41. The second-order valence-corrected chi connectivity index (χ2v) is 7.89. The van der Waals surface area contributed by atoms with Crippen LogP contribution in [0.4, 0.5) is 0 Å². The van der Waals surface area contributed by atoms with Gasteiger partial charge < -0.3 is 14.6 Å². The van der Waals surface area contributed by atoms with Crippen LogP contribution in [-0.4, -0.2) is 42.8 Å². The van der Waals surface area contributed by atoms with Gasteiger partial charge in [0.15, 0.2) is 11.5 Å². The maximum Gasteiger partial charge on any atom is 0.307 e. The number of carboxylic acids is 1. The van der Waals surface area contributed by atoms with E-state index in [1.165, 1.54) is 10.4 Å². The fourth-order valence-electron chi connectivity index (χ4n) is 3.73. The normalized spacial score (nSPS) is 18.9. The van der Waals surface area contributed by atoms with Gasteiger partial charge in [0, 0.05) is 11.4 Å². The number of carboxylic acid groups (broad SMARTS) is 1. The zero-order chi connectivity index (χ0) is 19.4. The zero-order valence-corrected chi connectivity index (χ0v) is 16.9. The van der Waals surface area contributed by atoms with E-state index < -0.39 is 5.97 Å². The van der Waals surface area contributed by atoms with Crippen molar-refractivity contribution in [3.8, 4) is 11.5 Å². The Hall–Kier alpha value is -2.05. The van der Waals surface area contributed by atoms with Crippen LogP contribution < -0.4 is 9.47 Å². The lowest BCUT2D eigenvalue weighted by Gasteiger charge is -2.37. The van der Waals surface area contributed by atoms with Crippen molar-refractivity contribution < 1.29 is 19.4 Å². The number of rotatable bonds is 7. The summed E-state index contributed by atoms with van der Waals surface area (Å²) in [6.07, 6.45) is 1.64. The molecule has 1 fully saturated rings. The quantitative estimate of drug-likeness (QED) is 0.763. The van der Waals surface area contributed by atoms with Crippen LogP contribution >= 0.6 is 11.3 Å². The third kappa shape index (κ3) is 4.45. The van der Waals surface area contributed by atoms with Crippen LogP contribution in [0.2, 0.25) is 0 Å². The highest BCUT2D eigenvalue weighted by molar-refractivity contribution is 7.10. The van der Waals surface area contributed by atoms with E-state index in [-0.39, 0.29) is 12.0 Å². The number of carbonyl (C=O) groups is 1. The summed E-state index contributed by atoms with van der Waals surface area (Å²) in [6.45, 7) is 6.06. The average Bonchev–Trinajstić information content (AvgIpc) is 3.08. The van der Waals surface area contributed by atoms with E-state index >= 15 is 0 Å². The highest BCUT2D eigenvalue weighted by atomic mass is 32.1. The molecule has 1 aromatic heterocycles. The minimum atomic E-state index is -0.703. The molecule has 1 aromatic carbocycles. The molecule has 2 aromatic rings. The summed E-state index contributed by atoms with van der Waals surface area (Å²) in [5.74, 6) is 0.420. The van der Waals surface area contributed by atoms with Gasteiger partial charge in [0.1, 0.15) is 0 Å². The first-order valence-corrected chi connectivity index (χ1v) is 10.2. The summed E-state index contributed by atoms with van der Waals surface area (Å²) < 4.78 is 11.2. The molecular weight excluding hydrogens is 362 g/mol. The third-order valence-corrected chi connectivity index (χ3v) is 6.09. The van der Waals surface area contributed by atoms with Gasteiger partial charge in [-0.05, 0) is 67.9 Å². The van der Waals surface area contributed by atoms with Crippen molar-refractivity contribution in [3.63, 3.8) is 0 Å². The van der Waals surface area contributed by atoms with E-state index in [2.05, 4.69) is 29.3 Å². The number of benzene rings is 1.